The zero-order chi connectivity index (χ0) is 17.7. The topological polar surface area (TPSA) is 32.3 Å². The molecule has 0 radical (unpaired) electrons. The number of hydrogen-bond donors (Lipinski definition) is 1. The molecule has 0 aromatic heterocycles. The fourth-order valence-electron chi connectivity index (χ4n) is 2.13. The molecule has 128 valence electrons. The minimum Gasteiger partial charge on any atom is -0.324 e. The molecule has 0 aliphatic carbocycles. The second-order valence-corrected chi connectivity index (χ2v) is 6.18. The predicted molar refractivity (Wildman–Crippen MR) is 92.4 cm³/mol. The molecule has 3 nitrogen and oxygen atoms in total. The molecule has 0 bridgehead atoms. The Bertz CT molecular complexity index is 720. The largest absolute Gasteiger partial charge is 0.324 e. The van der Waals surface area contributed by atoms with Gasteiger partial charge in [0.2, 0.25) is 5.91 Å². The minimum atomic E-state index is -0.616. The first kappa shape index (κ1) is 18.6. The van der Waals surface area contributed by atoms with E-state index in [0.29, 0.717) is 27.8 Å². The highest BCUT2D eigenvalue weighted by molar-refractivity contribution is 6.39. The molecule has 2 aromatic rings. The van der Waals surface area contributed by atoms with Crippen molar-refractivity contribution in [2.24, 2.45) is 0 Å². The van der Waals surface area contributed by atoms with Gasteiger partial charge in [-0.2, -0.15) is 0 Å². The lowest BCUT2D eigenvalue weighted by Gasteiger charge is -2.17. The van der Waals surface area contributed by atoms with E-state index in [4.69, 9.17) is 23.2 Å². The minimum absolute atomic E-state index is 0.181. The summed E-state index contributed by atoms with van der Waals surface area (Å²) in [6.07, 6.45) is 0.181. The Hall–Kier alpha value is -1.69. The molecule has 1 N–H and O–H groups in total. The van der Waals surface area contributed by atoms with Gasteiger partial charge in [-0.25, -0.2) is 8.78 Å². The third-order valence-corrected chi connectivity index (χ3v) is 4.03. The van der Waals surface area contributed by atoms with Gasteiger partial charge in [0.05, 0.1) is 15.7 Å². The second-order valence-electron chi connectivity index (χ2n) is 5.37. The van der Waals surface area contributed by atoms with Gasteiger partial charge in [-0.15, -0.1) is 0 Å². The van der Waals surface area contributed by atoms with Crippen LogP contribution in [0.5, 0.6) is 0 Å². The third-order valence-electron chi connectivity index (χ3n) is 3.40. The monoisotopic (exact) mass is 372 g/mol. The Morgan fingerprint density at radius 1 is 1.17 bits per heavy atom. The van der Waals surface area contributed by atoms with E-state index >= 15 is 0 Å². The summed E-state index contributed by atoms with van der Waals surface area (Å²) in [5.74, 6) is -1.47. The summed E-state index contributed by atoms with van der Waals surface area (Å²) >= 11 is 12.0. The number of hydrogen-bond acceptors (Lipinski definition) is 2. The summed E-state index contributed by atoms with van der Waals surface area (Å²) in [6.45, 7) is 0.664. The number of carbonyl (C=O) groups is 1. The van der Waals surface area contributed by atoms with Crippen molar-refractivity contribution in [2.45, 2.75) is 13.0 Å². The van der Waals surface area contributed by atoms with Crippen LogP contribution < -0.4 is 5.32 Å². The molecule has 0 aliphatic heterocycles. The Balaban J connectivity index is 1.87. The van der Waals surface area contributed by atoms with E-state index in [1.165, 1.54) is 12.1 Å². The van der Waals surface area contributed by atoms with E-state index in [9.17, 15) is 13.6 Å². The van der Waals surface area contributed by atoms with Gasteiger partial charge in [-0.1, -0.05) is 35.3 Å². The molecule has 0 saturated heterocycles. The van der Waals surface area contributed by atoms with Crippen LogP contribution in [0.2, 0.25) is 10.0 Å². The first-order chi connectivity index (χ1) is 11.4. The Morgan fingerprint density at radius 2 is 1.83 bits per heavy atom. The maximum atomic E-state index is 13.6. The summed E-state index contributed by atoms with van der Waals surface area (Å²) in [7, 11) is 1.75. The average Bonchev–Trinajstić information content (AvgIpc) is 2.52. The van der Waals surface area contributed by atoms with Crippen molar-refractivity contribution in [2.75, 3.05) is 18.9 Å². The van der Waals surface area contributed by atoms with Crippen LogP contribution >= 0.6 is 23.2 Å². The smallest absolute Gasteiger partial charge is 0.225 e. The maximum absolute atomic E-state index is 13.6. The van der Waals surface area contributed by atoms with Crippen LogP contribution in [0.25, 0.3) is 0 Å². The molecule has 0 aliphatic rings. The lowest BCUT2D eigenvalue weighted by atomic mass is 10.2. The van der Waals surface area contributed by atoms with Gasteiger partial charge in [-0.05, 0) is 25.2 Å². The van der Waals surface area contributed by atoms with Crippen molar-refractivity contribution >= 4 is 34.8 Å². The van der Waals surface area contributed by atoms with E-state index in [0.717, 1.165) is 6.07 Å². The maximum Gasteiger partial charge on any atom is 0.225 e. The summed E-state index contributed by atoms with van der Waals surface area (Å²) < 4.78 is 26.5. The van der Waals surface area contributed by atoms with Crippen molar-refractivity contribution < 1.29 is 13.6 Å². The SMILES string of the molecule is CN(CCC(=O)Nc1c(Cl)cccc1Cl)Cc1ccc(F)cc1F. The standard InChI is InChI=1S/C17H16Cl2F2N2O/c1-23(10-11-5-6-12(20)9-15(11)21)8-7-16(24)22-17-13(18)3-2-4-14(17)19/h2-6,9H,7-8,10H2,1H3,(H,22,24). The van der Waals surface area contributed by atoms with Crippen molar-refractivity contribution in [1.82, 2.24) is 4.90 Å². The van der Waals surface area contributed by atoms with Crippen LogP contribution in [0.4, 0.5) is 14.5 Å². The Labute approximate surface area is 149 Å². The molecule has 0 atom stereocenters. The first-order valence-corrected chi connectivity index (χ1v) is 7.98. The molecule has 0 heterocycles. The fourth-order valence-corrected chi connectivity index (χ4v) is 2.62. The first-order valence-electron chi connectivity index (χ1n) is 7.23. The molecule has 2 rings (SSSR count). The number of para-hydroxylation sites is 1. The van der Waals surface area contributed by atoms with E-state index in [1.807, 2.05) is 0 Å². The van der Waals surface area contributed by atoms with Gasteiger partial charge >= 0.3 is 0 Å². The van der Waals surface area contributed by atoms with E-state index < -0.39 is 11.6 Å². The molecule has 0 unspecified atom stereocenters. The fraction of sp³-hybridized carbons (Fsp3) is 0.235. The van der Waals surface area contributed by atoms with Gasteiger partial charge in [-0.3, -0.25) is 4.79 Å². The van der Waals surface area contributed by atoms with Crippen molar-refractivity contribution in [1.29, 1.82) is 0 Å². The van der Waals surface area contributed by atoms with Gasteiger partial charge in [0.25, 0.3) is 0 Å². The van der Waals surface area contributed by atoms with Crippen LogP contribution in [-0.2, 0) is 11.3 Å². The molecule has 7 heteroatoms. The van der Waals surface area contributed by atoms with E-state index in [1.54, 1.807) is 30.1 Å². The number of rotatable bonds is 6. The summed E-state index contributed by atoms with van der Waals surface area (Å²) in [5.41, 5.74) is 0.742. The van der Waals surface area contributed by atoms with E-state index in [2.05, 4.69) is 5.32 Å². The van der Waals surface area contributed by atoms with Crippen LogP contribution in [0.15, 0.2) is 36.4 Å². The zero-order valence-electron chi connectivity index (χ0n) is 13.0. The lowest BCUT2D eigenvalue weighted by molar-refractivity contribution is -0.116. The highest BCUT2D eigenvalue weighted by Gasteiger charge is 2.12. The number of nitrogens with zero attached hydrogens (tertiary/aromatic N) is 1. The zero-order valence-corrected chi connectivity index (χ0v) is 14.5. The van der Waals surface area contributed by atoms with E-state index in [-0.39, 0.29) is 18.9 Å². The number of benzene rings is 2. The van der Waals surface area contributed by atoms with Gasteiger partial charge in [0.15, 0.2) is 0 Å². The third kappa shape index (κ3) is 5.16. The summed E-state index contributed by atoms with van der Waals surface area (Å²) in [6, 6.07) is 8.39. The normalized spacial score (nSPS) is 10.9. The van der Waals surface area contributed by atoms with Gasteiger partial charge in [0, 0.05) is 31.1 Å². The summed E-state index contributed by atoms with van der Waals surface area (Å²) in [5, 5.41) is 3.38. The quantitative estimate of drug-likeness (QED) is 0.794. The highest BCUT2D eigenvalue weighted by Crippen LogP contribution is 2.29. The van der Waals surface area contributed by atoms with Crippen molar-refractivity contribution in [3.05, 3.63) is 63.6 Å². The predicted octanol–water partition coefficient (Wildman–Crippen LogP) is 4.73. The van der Waals surface area contributed by atoms with Crippen LogP contribution in [0, 0.1) is 11.6 Å². The average molecular weight is 373 g/mol. The number of nitrogens with one attached hydrogen (secondary N) is 1. The number of anilines is 1. The highest BCUT2D eigenvalue weighted by atomic mass is 35.5. The van der Waals surface area contributed by atoms with Crippen LogP contribution in [0.1, 0.15) is 12.0 Å². The number of carbonyl (C=O) groups excluding carboxylic acids is 1. The lowest BCUT2D eigenvalue weighted by Crippen LogP contribution is -2.24. The Kier molecular flexibility index (Phi) is 6.54. The molecular formula is C17H16Cl2F2N2O. The second kappa shape index (κ2) is 8.42. The molecule has 0 fully saturated rings. The summed E-state index contributed by atoms with van der Waals surface area (Å²) in [4.78, 5) is 13.8. The Morgan fingerprint density at radius 3 is 2.46 bits per heavy atom. The van der Waals surface area contributed by atoms with Crippen LogP contribution in [0.3, 0.4) is 0 Å². The molecule has 1 amide bonds. The van der Waals surface area contributed by atoms with Crippen molar-refractivity contribution in [3.63, 3.8) is 0 Å². The van der Waals surface area contributed by atoms with Gasteiger partial charge < -0.3 is 10.2 Å². The van der Waals surface area contributed by atoms with Gasteiger partial charge in [0.1, 0.15) is 11.6 Å². The molecular weight excluding hydrogens is 357 g/mol. The molecule has 24 heavy (non-hydrogen) atoms. The molecule has 2 aromatic carbocycles. The number of halogens is 4. The molecule has 0 saturated carbocycles. The van der Waals surface area contributed by atoms with Crippen molar-refractivity contribution in [3.8, 4) is 0 Å². The van der Waals surface area contributed by atoms with Crippen LogP contribution in [-0.4, -0.2) is 24.4 Å². The molecule has 0 spiro atoms. The number of amides is 1.